The molecule has 0 heterocycles. The molecule has 0 aromatic rings. The number of ether oxygens (including phenoxy) is 1. The highest BCUT2D eigenvalue weighted by Gasteiger charge is 2.19. The van der Waals surface area contributed by atoms with Gasteiger partial charge in [0.1, 0.15) is 0 Å². The summed E-state index contributed by atoms with van der Waals surface area (Å²) in [6, 6.07) is 0. The smallest absolute Gasteiger partial charge is 0.308 e. The molecule has 5 heteroatoms. The molecular formula is C18H37NO3S. The largest absolute Gasteiger partial charge is 0.465 e. The van der Waals surface area contributed by atoms with Gasteiger partial charge in [-0.3, -0.25) is 4.79 Å². The minimum Gasteiger partial charge on any atom is -0.465 e. The number of unbranched alkanes of at least 4 members (excludes halogenated alkanes) is 1. The second-order valence-corrected chi connectivity index (χ2v) is 8.05. The molecule has 0 spiro atoms. The molecule has 1 N–H and O–H groups in total. The molecule has 0 aliphatic heterocycles. The fraction of sp³-hybridized carbons (Fsp3) is 0.944. The van der Waals surface area contributed by atoms with Crippen LogP contribution >= 0.6 is 11.8 Å². The first-order chi connectivity index (χ1) is 11.0. The molecule has 0 radical (unpaired) electrons. The summed E-state index contributed by atoms with van der Waals surface area (Å²) in [5.74, 6) is 2.76. The molecule has 0 saturated carbocycles. The number of aliphatic hydroxyl groups excluding tert-OH is 1. The summed E-state index contributed by atoms with van der Waals surface area (Å²) in [6.45, 7) is 6.11. The van der Waals surface area contributed by atoms with E-state index in [4.69, 9.17) is 9.84 Å². The van der Waals surface area contributed by atoms with E-state index in [1.54, 1.807) is 0 Å². The molecule has 0 aromatic carbocycles. The SMILES string of the molecule is CC(C)CCOC(=O)C(CCCCO)CCCSCCN(C)C. The number of hydrogen-bond acceptors (Lipinski definition) is 5. The van der Waals surface area contributed by atoms with Gasteiger partial charge in [-0.25, -0.2) is 0 Å². The third kappa shape index (κ3) is 15.0. The van der Waals surface area contributed by atoms with Crippen molar-refractivity contribution in [3.05, 3.63) is 0 Å². The Morgan fingerprint density at radius 3 is 2.39 bits per heavy atom. The fourth-order valence-electron chi connectivity index (χ4n) is 2.18. The molecule has 23 heavy (non-hydrogen) atoms. The van der Waals surface area contributed by atoms with Crippen molar-refractivity contribution in [1.29, 1.82) is 0 Å². The molecule has 1 unspecified atom stereocenters. The number of hydrogen-bond donors (Lipinski definition) is 1. The number of carbonyl (C=O) groups is 1. The highest BCUT2D eigenvalue weighted by molar-refractivity contribution is 7.99. The van der Waals surface area contributed by atoms with Crippen LogP contribution in [0, 0.1) is 11.8 Å². The van der Waals surface area contributed by atoms with Crippen LogP contribution in [-0.4, -0.2) is 61.3 Å². The van der Waals surface area contributed by atoms with Crippen LogP contribution in [0.3, 0.4) is 0 Å². The van der Waals surface area contributed by atoms with Gasteiger partial charge in [0, 0.05) is 18.9 Å². The minimum atomic E-state index is -0.0399. The first-order valence-corrected chi connectivity index (χ1v) is 10.1. The molecule has 138 valence electrons. The molecule has 0 aromatic heterocycles. The van der Waals surface area contributed by atoms with Crippen molar-refractivity contribution in [2.75, 3.05) is 45.4 Å². The van der Waals surface area contributed by atoms with Crippen molar-refractivity contribution in [2.45, 2.75) is 52.4 Å². The zero-order valence-corrected chi connectivity index (χ0v) is 16.4. The highest BCUT2D eigenvalue weighted by Crippen LogP contribution is 2.19. The lowest BCUT2D eigenvalue weighted by atomic mass is 9.97. The summed E-state index contributed by atoms with van der Waals surface area (Å²) in [5.41, 5.74) is 0. The van der Waals surface area contributed by atoms with Crippen LogP contribution in [0.1, 0.15) is 52.4 Å². The van der Waals surface area contributed by atoms with Gasteiger partial charge in [0.2, 0.25) is 0 Å². The molecule has 0 fully saturated rings. The number of carbonyl (C=O) groups excluding carboxylic acids is 1. The highest BCUT2D eigenvalue weighted by atomic mass is 32.2. The maximum absolute atomic E-state index is 12.2. The normalized spacial score (nSPS) is 12.8. The molecular weight excluding hydrogens is 310 g/mol. The predicted octanol–water partition coefficient (Wildman–Crippen LogP) is 3.43. The zero-order chi connectivity index (χ0) is 17.5. The van der Waals surface area contributed by atoms with Gasteiger partial charge < -0.3 is 14.7 Å². The van der Waals surface area contributed by atoms with Crippen LogP contribution in [-0.2, 0) is 9.53 Å². The Morgan fingerprint density at radius 2 is 1.78 bits per heavy atom. The van der Waals surface area contributed by atoms with E-state index in [1.807, 2.05) is 11.8 Å². The number of rotatable bonds is 15. The minimum absolute atomic E-state index is 0.00293. The van der Waals surface area contributed by atoms with E-state index in [2.05, 4.69) is 32.8 Å². The van der Waals surface area contributed by atoms with E-state index in [1.165, 1.54) is 0 Å². The Morgan fingerprint density at radius 1 is 1.09 bits per heavy atom. The molecule has 0 rings (SSSR count). The standard InChI is InChI=1S/C18H37NO3S/c1-16(2)10-13-22-18(21)17(8-5-6-12-20)9-7-14-23-15-11-19(3)4/h16-17,20H,5-15H2,1-4H3. The van der Waals surface area contributed by atoms with Gasteiger partial charge in [0.15, 0.2) is 0 Å². The Hall–Kier alpha value is -0.260. The van der Waals surface area contributed by atoms with Gasteiger partial charge >= 0.3 is 5.97 Å². The maximum atomic E-state index is 12.2. The molecule has 1 atom stereocenters. The van der Waals surface area contributed by atoms with Crippen LogP contribution in [0.5, 0.6) is 0 Å². The predicted molar refractivity (Wildman–Crippen MR) is 100.0 cm³/mol. The van der Waals surface area contributed by atoms with E-state index < -0.39 is 0 Å². The van der Waals surface area contributed by atoms with Crippen molar-refractivity contribution < 1.29 is 14.6 Å². The van der Waals surface area contributed by atoms with Gasteiger partial charge in [-0.2, -0.15) is 11.8 Å². The van der Waals surface area contributed by atoms with Gasteiger partial charge in [0.25, 0.3) is 0 Å². The third-order valence-corrected chi connectivity index (χ3v) is 4.81. The summed E-state index contributed by atoms with van der Waals surface area (Å²) < 4.78 is 5.44. The quantitative estimate of drug-likeness (QED) is 0.363. The lowest BCUT2D eigenvalue weighted by Crippen LogP contribution is -2.19. The Kier molecular flexibility index (Phi) is 15.1. The van der Waals surface area contributed by atoms with Crippen molar-refractivity contribution in [3.8, 4) is 0 Å². The number of thioether (sulfide) groups is 1. The van der Waals surface area contributed by atoms with Crippen LogP contribution in [0.15, 0.2) is 0 Å². The van der Waals surface area contributed by atoms with E-state index >= 15 is 0 Å². The summed E-state index contributed by atoms with van der Waals surface area (Å²) >= 11 is 1.95. The third-order valence-electron chi connectivity index (χ3n) is 3.76. The summed E-state index contributed by atoms with van der Waals surface area (Å²) in [5, 5.41) is 8.91. The second kappa shape index (κ2) is 15.3. The fourth-order valence-corrected chi connectivity index (χ4v) is 3.25. The maximum Gasteiger partial charge on any atom is 0.308 e. The van der Waals surface area contributed by atoms with Crippen molar-refractivity contribution in [1.82, 2.24) is 4.90 Å². The summed E-state index contributed by atoms with van der Waals surface area (Å²) in [6.07, 6.45) is 5.39. The van der Waals surface area contributed by atoms with E-state index in [-0.39, 0.29) is 18.5 Å². The number of aliphatic hydroxyl groups is 1. The zero-order valence-electron chi connectivity index (χ0n) is 15.6. The average molecular weight is 348 g/mol. The van der Waals surface area contributed by atoms with E-state index in [0.29, 0.717) is 12.5 Å². The number of nitrogens with zero attached hydrogens (tertiary/aromatic N) is 1. The van der Waals surface area contributed by atoms with Gasteiger partial charge in [-0.1, -0.05) is 20.3 Å². The summed E-state index contributed by atoms with van der Waals surface area (Å²) in [7, 11) is 4.18. The lowest BCUT2D eigenvalue weighted by Gasteiger charge is -2.16. The van der Waals surface area contributed by atoms with Crippen molar-refractivity contribution in [2.24, 2.45) is 11.8 Å². The Labute approximate surface area is 147 Å². The van der Waals surface area contributed by atoms with Gasteiger partial charge in [-0.15, -0.1) is 0 Å². The van der Waals surface area contributed by atoms with Crippen LogP contribution in [0.25, 0.3) is 0 Å². The summed E-state index contributed by atoms with van der Waals surface area (Å²) in [4.78, 5) is 14.4. The monoisotopic (exact) mass is 347 g/mol. The Balaban J connectivity index is 4.00. The first-order valence-electron chi connectivity index (χ1n) is 8.97. The van der Waals surface area contributed by atoms with E-state index in [0.717, 1.165) is 56.6 Å². The van der Waals surface area contributed by atoms with Gasteiger partial charge in [0.05, 0.1) is 12.5 Å². The van der Waals surface area contributed by atoms with Crippen LogP contribution in [0.2, 0.25) is 0 Å². The number of esters is 1. The van der Waals surface area contributed by atoms with Gasteiger partial charge in [-0.05, 0) is 57.9 Å². The topological polar surface area (TPSA) is 49.8 Å². The van der Waals surface area contributed by atoms with Crippen LogP contribution in [0.4, 0.5) is 0 Å². The van der Waals surface area contributed by atoms with E-state index in [9.17, 15) is 4.79 Å². The first kappa shape index (κ1) is 22.7. The molecule has 4 nitrogen and oxygen atoms in total. The molecule has 0 bridgehead atoms. The van der Waals surface area contributed by atoms with Crippen molar-refractivity contribution in [3.63, 3.8) is 0 Å². The average Bonchev–Trinajstić information content (AvgIpc) is 2.48. The molecule has 0 aliphatic carbocycles. The lowest BCUT2D eigenvalue weighted by molar-refractivity contribution is -0.149. The molecule has 0 saturated heterocycles. The second-order valence-electron chi connectivity index (χ2n) is 6.82. The molecule has 0 amide bonds. The van der Waals surface area contributed by atoms with Crippen molar-refractivity contribution >= 4 is 17.7 Å². The molecule has 0 aliphatic rings. The van der Waals surface area contributed by atoms with Crippen LogP contribution < -0.4 is 0 Å². The Bertz CT molecular complexity index is 285.